The van der Waals surface area contributed by atoms with Gasteiger partial charge < -0.3 is 25.4 Å². The number of piperidine rings is 1. The normalized spacial score (nSPS) is 14.4. The minimum Gasteiger partial charge on any atom is -0.508 e. The molecule has 3 rings (SSSR count). The minimum absolute atomic E-state index is 0.00354. The lowest BCUT2D eigenvalue weighted by molar-refractivity contribution is 0.163. The van der Waals surface area contributed by atoms with E-state index < -0.39 is 5.82 Å². The highest BCUT2D eigenvalue weighted by atomic mass is 79.9. The van der Waals surface area contributed by atoms with E-state index in [2.05, 4.69) is 37.3 Å². The first-order valence-corrected chi connectivity index (χ1v) is 11.5. The Morgan fingerprint density at radius 1 is 1.31 bits per heavy atom. The number of anilines is 1. The Morgan fingerprint density at radius 2 is 2.06 bits per heavy atom. The molecule has 12 heteroatoms. The monoisotopic (exact) mass is 546 g/mol. The Bertz CT molecular complexity index is 1160. The molecule has 0 aromatic heterocycles. The maximum absolute atomic E-state index is 13.5. The number of aliphatic hydroxyl groups excluding tert-OH is 1. The highest BCUT2D eigenvalue weighted by molar-refractivity contribution is 9.10. The van der Waals surface area contributed by atoms with Crippen molar-refractivity contribution in [2.24, 2.45) is 11.2 Å². The van der Waals surface area contributed by atoms with Gasteiger partial charge in [-0.25, -0.2) is 14.6 Å². The Morgan fingerprint density at radius 3 is 2.69 bits per heavy atom. The number of urea groups is 1. The van der Waals surface area contributed by atoms with Crippen molar-refractivity contribution in [2.75, 3.05) is 25.5 Å². The molecule has 0 aliphatic carbocycles. The first kappa shape index (κ1) is 25.8. The zero-order valence-corrected chi connectivity index (χ0v) is 20.4. The third-order valence-corrected chi connectivity index (χ3v) is 6.21. The first-order chi connectivity index (χ1) is 16.9. The van der Waals surface area contributed by atoms with Crippen LogP contribution in [0.2, 0.25) is 0 Å². The van der Waals surface area contributed by atoms with Crippen molar-refractivity contribution in [2.45, 2.75) is 19.4 Å². The van der Waals surface area contributed by atoms with E-state index in [-0.39, 0.29) is 34.5 Å². The molecule has 1 saturated heterocycles. The SMILES string of the molecule is COc1cc(CNC(=O)N2CCC(C(O)=C(NN=O)Nc3ccc(F)c(Br)c3)CC2)ccc1C#N. The average molecular weight is 547 g/mol. The van der Waals surface area contributed by atoms with Crippen molar-refractivity contribution >= 4 is 27.6 Å². The largest absolute Gasteiger partial charge is 0.508 e. The average Bonchev–Trinajstić information content (AvgIpc) is 2.88. The van der Waals surface area contributed by atoms with Crippen molar-refractivity contribution in [3.05, 3.63) is 74.3 Å². The summed E-state index contributed by atoms with van der Waals surface area (Å²) in [5.41, 5.74) is 3.85. The molecule has 1 fully saturated rings. The number of nitroso groups, excluding NO2 is 1. The number of carbonyl (C=O) groups excluding carboxylic acids is 1. The topological polar surface area (TPSA) is 139 Å². The molecule has 2 aromatic rings. The summed E-state index contributed by atoms with van der Waals surface area (Å²) in [6.45, 7) is 1.05. The van der Waals surface area contributed by atoms with Crippen LogP contribution in [0, 0.1) is 28.0 Å². The second-order valence-electron chi connectivity index (χ2n) is 7.78. The number of allylic oxidation sites excluding steroid dienone is 1. The Balaban J connectivity index is 1.58. The number of ether oxygens (including phenoxy) is 1. The van der Waals surface area contributed by atoms with E-state index in [0.29, 0.717) is 42.9 Å². The van der Waals surface area contributed by atoms with Gasteiger partial charge in [-0.1, -0.05) is 6.07 Å². The third kappa shape index (κ3) is 6.60. The number of benzene rings is 2. The maximum Gasteiger partial charge on any atom is 0.317 e. The molecule has 2 amide bonds. The number of hydrogen-bond acceptors (Lipinski definition) is 7. The number of amides is 2. The molecule has 0 unspecified atom stereocenters. The zero-order chi connectivity index (χ0) is 25.4. The molecule has 0 saturated carbocycles. The summed E-state index contributed by atoms with van der Waals surface area (Å²) < 4.78 is 18.9. The lowest BCUT2D eigenvalue weighted by atomic mass is 9.94. The Labute approximate surface area is 209 Å². The summed E-state index contributed by atoms with van der Waals surface area (Å²) in [5.74, 6) is -0.428. The van der Waals surface area contributed by atoms with Gasteiger partial charge in [0.25, 0.3) is 0 Å². The van der Waals surface area contributed by atoms with Crippen molar-refractivity contribution in [1.29, 1.82) is 5.26 Å². The number of hydrogen-bond donors (Lipinski definition) is 4. The quantitative estimate of drug-likeness (QED) is 0.217. The van der Waals surface area contributed by atoms with Crippen LogP contribution >= 0.6 is 15.9 Å². The van der Waals surface area contributed by atoms with Gasteiger partial charge in [-0.05, 0) is 64.7 Å². The van der Waals surface area contributed by atoms with Crippen LogP contribution in [0.3, 0.4) is 0 Å². The summed E-state index contributed by atoms with van der Waals surface area (Å²) in [6.07, 6.45) is 0.922. The number of rotatable bonds is 8. The van der Waals surface area contributed by atoms with Crippen molar-refractivity contribution in [3.63, 3.8) is 0 Å². The van der Waals surface area contributed by atoms with Crippen molar-refractivity contribution in [3.8, 4) is 11.8 Å². The number of likely N-dealkylation sites (tertiary alicyclic amines) is 1. The molecule has 1 aliphatic rings. The number of halogens is 2. The lowest BCUT2D eigenvalue weighted by Gasteiger charge is -2.32. The fourth-order valence-electron chi connectivity index (χ4n) is 3.70. The van der Waals surface area contributed by atoms with E-state index in [1.54, 1.807) is 23.1 Å². The molecular formula is C23H24BrFN6O4. The number of nitrogens with zero attached hydrogens (tertiary/aromatic N) is 3. The molecule has 1 heterocycles. The van der Waals surface area contributed by atoms with E-state index >= 15 is 0 Å². The standard InChI is InChI=1S/C23H24BrFN6O4/c1-35-20-10-14(2-3-16(20)12-26)13-27-23(33)31-8-6-15(7-9-31)21(32)22(29-30-34)28-17-4-5-19(25)18(24)11-17/h2-5,10-11,15,28,32H,6-9,13H2,1H3,(H,27,33)(H,29,34). The van der Waals surface area contributed by atoms with Crippen LogP contribution in [0.1, 0.15) is 24.0 Å². The second kappa shape index (κ2) is 12.0. The summed E-state index contributed by atoms with van der Waals surface area (Å²) in [5, 5.41) is 28.1. The van der Waals surface area contributed by atoms with Crippen LogP contribution in [0.15, 0.2) is 57.7 Å². The van der Waals surface area contributed by atoms with Crippen LogP contribution < -0.4 is 20.8 Å². The van der Waals surface area contributed by atoms with E-state index in [4.69, 9.17) is 10.00 Å². The van der Waals surface area contributed by atoms with E-state index in [0.717, 1.165) is 5.56 Å². The fraction of sp³-hybridized carbons (Fsp3) is 0.304. The Hall–Kier alpha value is -3.85. The molecule has 0 radical (unpaired) electrons. The summed E-state index contributed by atoms with van der Waals surface area (Å²) in [4.78, 5) is 25.1. The van der Waals surface area contributed by atoms with Crippen molar-refractivity contribution < 1.29 is 19.0 Å². The van der Waals surface area contributed by atoms with Gasteiger partial charge in [0.1, 0.15) is 23.4 Å². The van der Waals surface area contributed by atoms with Gasteiger partial charge in [-0.15, -0.1) is 4.91 Å². The zero-order valence-electron chi connectivity index (χ0n) is 18.8. The molecule has 184 valence electrons. The fourth-order valence-corrected chi connectivity index (χ4v) is 4.08. The minimum atomic E-state index is -0.448. The molecule has 1 aliphatic heterocycles. The van der Waals surface area contributed by atoms with Gasteiger partial charge in [0.15, 0.2) is 5.82 Å². The second-order valence-corrected chi connectivity index (χ2v) is 8.64. The molecule has 0 bridgehead atoms. The van der Waals surface area contributed by atoms with E-state index in [1.165, 1.54) is 25.3 Å². The van der Waals surface area contributed by atoms with E-state index in [9.17, 15) is 19.2 Å². The summed E-state index contributed by atoms with van der Waals surface area (Å²) in [7, 11) is 1.48. The van der Waals surface area contributed by atoms with Crippen LogP contribution in [-0.4, -0.2) is 36.2 Å². The number of aliphatic hydroxyl groups is 1. The molecule has 0 atom stereocenters. The highest BCUT2D eigenvalue weighted by Crippen LogP contribution is 2.27. The van der Waals surface area contributed by atoms with Crippen LogP contribution in [0.25, 0.3) is 0 Å². The van der Waals surface area contributed by atoms with Gasteiger partial charge in [0.05, 0.1) is 22.4 Å². The molecular weight excluding hydrogens is 523 g/mol. The third-order valence-electron chi connectivity index (χ3n) is 5.60. The van der Waals surface area contributed by atoms with Crippen LogP contribution in [-0.2, 0) is 6.54 Å². The first-order valence-electron chi connectivity index (χ1n) is 10.7. The van der Waals surface area contributed by atoms with Crippen LogP contribution in [0.5, 0.6) is 5.75 Å². The van der Waals surface area contributed by atoms with Gasteiger partial charge in [-0.3, -0.25) is 0 Å². The number of carbonyl (C=O) groups is 1. The van der Waals surface area contributed by atoms with E-state index in [1.807, 2.05) is 6.07 Å². The summed E-state index contributed by atoms with van der Waals surface area (Å²) in [6, 6.07) is 11.0. The molecule has 10 nitrogen and oxygen atoms in total. The van der Waals surface area contributed by atoms with Crippen molar-refractivity contribution in [1.82, 2.24) is 15.6 Å². The Kier molecular flexibility index (Phi) is 8.86. The van der Waals surface area contributed by atoms with Crippen LogP contribution in [0.4, 0.5) is 14.9 Å². The number of methoxy groups -OCH3 is 1. The molecule has 35 heavy (non-hydrogen) atoms. The molecule has 0 spiro atoms. The maximum atomic E-state index is 13.5. The predicted molar refractivity (Wildman–Crippen MR) is 131 cm³/mol. The van der Waals surface area contributed by atoms with Gasteiger partial charge in [-0.2, -0.15) is 5.26 Å². The lowest BCUT2D eigenvalue weighted by Crippen LogP contribution is -2.44. The summed E-state index contributed by atoms with van der Waals surface area (Å²) >= 11 is 3.09. The smallest absolute Gasteiger partial charge is 0.317 e. The molecule has 4 N–H and O–H groups in total. The van der Waals surface area contributed by atoms with Gasteiger partial charge >= 0.3 is 6.03 Å². The van der Waals surface area contributed by atoms with Gasteiger partial charge in [0.2, 0.25) is 0 Å². The number of nitriles is 1. The highest BCUT2D eigenvalue weighted by Gasteiger charge is 2.27. The molecule has 2 aromatic carbocycles. The predicted octanol–water partition coefficient (Wildman–Crippen LogP) is 4.50. The number of nitrogens with one attached hydrogen (secondary N) is 3. The van der Waals surface area contributed by atoms with Gasteiger partial charge in [0, 0.05) is 31.2 Å².